The fraction of sp³-hybridized carbons (Fsp3) is 0.857. The monoisotopic (exact) mass is 1030 g/mol. The summed E-state index contributed by atoms with van der Waals surface area (Å²) < 4.78 is 23.7. The molecule has 0 heterocycles. The first-order chi connectivity index (χ1) is 35.0. The second-order valence-electron chi connectivity index (χ2n) is 22.4. The fourth-order valence-electron chi connectivity index (χ4n) is 9.17. The molecule has 1 amide bonds. The molecule has 3 N–H and O–H groups in total. The van der Waals surface area contributed by atoms with E-state index in [1.54, 1.807) is 6.08 Å². The molecule has 0 aliphatic carbocycles. The van der Waals surface area contributed by atoms with Gasteiger partial charge in [-0.3, -0.25) is 13.8 Å². The van der Waals surface area contributed by atoms with Gasteiger partial charge in [0.25, 0.3) is 0 Å². The van der Waals surface area contributed by atoms with Gasteiger partial charge in [0.2, 0.25) is 5.91 Å². The summed E-state index contributed by atoms with van der Waals surface area (Å²) in [4.78, 5) is 23.3. The van der Waals surface area contributed by atoms with Gasteiger partial charge in [-0.05, 0) is 57.8 Å². The van der Waals surface area contributed by atoms with Crippen molar-refractivity contribution >= 4 is 13.7 Å². The number of rotatable bonds is 57. The summed E-state index contributed by atoms with van der Waals surface area (Å²) >= 11 is 0. The molecule has 0 fully saturated rings. The summed E-state index contributed by atoms with van der Waals surface area (Å²) in [6.45, 7) is 4.83. The second kappa shape index (κ2) is 54.3. The Kier molecular flexibility index (Phi) is 53.1. The molecule has 424 valence electrons. The van der Waals surface area contributed by atoms with Crippen LogP contribution in [0.4, 0.5) is 0 Å². The standard InChI is InChI=1S/C63H121N2O6P/c1-6-8-10-12-14-16-18-20-22-23-24-25-26-27-28-29-30-31-32-33-34-35-36-37-38-39-40-41-43-45-47-49-51-53-55-57-63(67)64-61(60-71-72(68,69)70-59-58-65(3,4)5)62(66)56-54-52-50-48-46-44-42-21-19-17-15-13-11-9-7-2/h18,20,23-24,26-27,54,56,61-62,66H,6-17,19,21-22,25,28-53,55,57-60H2,1-5H3,(H-,64,67,68,69)/p+1/b20-18-,24-23-,27-26-,56-54+. The molecule has 0 aromatic heterocycles. The molecule has 0 aromatic carbocycles. The van der Waals surface area contributed by atoms with Crippen LogP contribution in [0.25, 0.3) is 0 Å². The maximum atomic E-state index is 13.0. The van der Waals surface area contributed by atoms with E-state index in [1.807, 2.05) is 27.2 Å². The predicted molar refractivity (Wildman–Crippen MR) is 314 cm³/mol. The molecular formula is C63H122N2O6P+. The SMILES string of the molecule is CCCCCCC/C=C\C/C=C\C/C=C\CCCCCCCCCCCCCCCCCCCCCCC(=O)NC(COP(=O)(O)OCC[N+](C)(C)C)C(O)/C=C/CCCCCCCCCCCCCCC. The van der Waals surface area contributed by atoms with Crippen LogP contribution in [0.15, 0.2) is 48.6 Å². The summed E-state index contributed by atoms with van der Waals surface area (Å²) in [6, 6.07) is -0.845. The Morgan fingerprint density at radius 2 is 0.792 bits per heavy atom. The Morgan fingerprint density at radius 3 is 1.15 bits per heavy atom. The largest absolute Gasteiger partial charge is 0.472 e. The molecule has 8 nitrogen and oxygen atoms in total. The minimum atomic E-state index is -4.34. The third kappa shape index (κ3) is 56.2. The lowest BCUT2D eigenvalue weighted by molar-refractivity contribution is -0.870. The van der Waals surface area contributed by atoms with Crippen LogP contribution in [-0.4, -0.2) is 73.4 Å². The maximum Gasteiger partial charge on any atom is 0.472 e. The number of allylic oxidation sites excluding steroid dienone is 7. The number of hydrogen-bond acceptors (Lipinski definition) is 5. The third-order valence-electron chi connectivity index (χ3n) is 14.0. The van der Waals surface area contributed by atoms with Crippen LogP contribution in [0.1, 0.15) is 296 Å². The van der Waals surface area contributed by atoms with Gasteiger partial charge in [-0.25, -0.2) is 4.57 Å². The highest BCUT2D eigenvalue weighted by Crippen LogP contribution is 2.43. The average Bonchev–Trinajstić information content (AvgIpc) is 3.34. The number of carbonyl (C=O) groups is 1. The van der Waals surface area contributed by atoms with Gasteiger partial charge in [0, 0.05) is 6.42 Å². The number of phosphoric ester groups is 1. The number of amides is 1. The second-order valence-corrected chi connectivity index (χ2v) is 23.9. The first-order valence-electron chi connectivity index (χ1n) is 31.0. The highest BCUT2D eigenvalue weighted by molar-refractivity contribution is 7.47. The Labute approximate surface area is 448 Å². The number of nitrogens with zero attached hydrogens (tertiary/aromatic N) is 1. The van der Waals surface area contributed by atoms with Crippen molar-refractivity contribution < 1.29 is 32.9 Å². The Balaban J connectivity index is 3.99. The molecule has 72 heavy (non-hydrogen) atoms. The summed E-state index contributed by atoms with van der Waals surface area (Å²) in [5.41, 5.74) is 0. The molecule has 3 atom stereocenters. The van der Waals surface area contributed by atoms with Gasteiger partial charge in [0.1, 0.15) is 13.2 Å². The number of unbranched alkanes of at least 4 members (excludes halogenated alkanes) is 38. The molecule has 3 unspecified atom stereocenters. The number of likely N-dealkylation sites (N-methyl/N-ethyl adjacent to an activating group) is 1. The molecule has 0 radical (unpaired) electrons. The van der Waals surface area contributed by atoms with Crippen molar-refractivity contribution in [1.29, 1.82) is 0 Å². The highest BCUT2D eigenvalue weighted by Gasteiger charge is 2.27. The molecule has 0 saturated carbocycles. The number of phosphoric acid groups is 1. The van der Waals surface area contributed by atoms with Gasteiger partial charge in [-0.1, -0.05) is 281 Å². The van der Waals surface area contributed by atoms with Crippen molar-refractivity contribution in [3.05, 3.63) is 48.6 Å². The van der Waals surface area contributed by atoms with Crippen molar-refractivity contribution in [2.75, 3.05) is 40.9 Å². The van der Waals surface area contributed by atoms with E-state index in [9.17, 15) is 19.4 Å². The van der Waals surface area contributed by atoms with Crippen LogP contribution in [0.5, 0.6) is 0 Å². The molecular weight excluding hydrogens is 912 g/mol. The normalized spacial score (nSPS) is 14.2. The first-order valence-corrected chi connectivity index (χ1v) is 32.5. The van der Waals surface area contributed by atoms with Gasteiger partial charge >= 0.3 is 7.82 Å². The predicted octanol–water partition coefficient (Wildman–Crippen LogP) is 19.1. The summed E-state index contributed by atoms with van der Waals surface area (Å²) in [5, 5.41) is 13.9. The van der Waals surface area contributed by atoms with Crippen molar-refractivity contribution in [3.63, 3.8) is 0 Å². The molecule has 0 aliphatic rings. The lowest BCUT2D eigenvalue weighted by Crippen LogP contribution is -2.45. The van der Waals surface area contributed by atoms with E-state index in [2.05, 4.69) is 55.6 Å². The minimum absolute atomic E-state index is 0.0626. The van der Waals surface area contributed by atoms with E-state index in [0.717, 1.165) is 51.4 Å². The van der Waals surface area contributed by atoms with Gasteiger partial charge in [-0.15, -0.1) is 0 Å². The molecule has 0 saturated heterocycles. The van der Waals surface area contributed by atoms with Crippen molar-refractivity contribution in [3.8, 4) is 0 Å². The van der Waals surface area contributed by atoms with Crippen LogP contribution < -0.4 is 5.32 Å². The first kappa shape index (κ1) is 70.5. The number of carbonyl (C=O) groups excluding carboxylic acids is 1. The highest BCUT2D eigenvalue weighted by atomic mass is 31.2. The van der Waals surface area contributed by atoms with Crippen molar-refractivity contribution in [2.45, 2.75) is 309 Å². The van der Waals surface area contributed by atoms with E-state index in [0.29, 0.717) is 17.4 Å². The zero-order valence-corrected chi connectivity index (χ0v) is 49.3. The third-order valence-corrected chi connectivity index (χ3v) is 15.0. The van der Waals surface area contributed by atoms with E-state index >= 15 is 0 Å². The Bertz CT molecular complexity index is 1310. The van der Waals surface area contributed by atoms with Crippen LogP contribution in [0.2, 0.25) is 0 Å². The fourth-order valence-corrected chi connectivity index (χ4v) is 9.91. The molecule has 0 bridgehead atoms. The van der Waals surface area contributed by atoms with Crippen LogP contribution in [-0.2, 0) is 18.4 Å². The van der Waals surface area contributed by atoms with Crippen LogP contribution >= 0.6 is 7.82 Å². The smallest absolute Gasteiger partial charge is 0.387 e. The molecule has 0 aromatic rings. The molecule has 0 aliphatic heterocycles. The minimum Gasteiger partial charge on any atom is -0.387 e. The van der Waals surface area contributed by atoms with E-state index in [4.69, 9.17) is 9.05 Å². The average molecular weight is 1030 g/mol. The van der Waals surface area contributed by atoms with Gasteiger partial charge in [0.05, 0.1) is 39.9 Å². The maximum absolute atomic E-state index is 13.0. The molecule has 9 heteroatoms. The van der Waals surface area contributed by atoms with Gasteiger partial charge in [0.15, 0.2) is 0 Å². The Morgan fingerprint density at radius 1 is 0.472 bits per heavy atom. The quantitative estimate of drug-likeness (QED) is 0.0243. The molecule has 0 spiro atoms. The number of nitrogens with one attached hydrogen (secondary N) is 1. The summed E-state index contributed by atoms with van der Waals surface area (Å²) in [7, 11) is 1.58. The van der Waals surface area contributed by atoms with E-state index in [1.165, 1.54) is 225 Å². The van der Waals surface area contributed by atoms with E-state index < -0.39 is 20.0 Å². The number of quaternary nitrogens is 1. The topological polar surface area (TPSA) is 105 Å². The van der Waals surface area contributed by atoms with Crippen LogP contribution in [0, 0.1) is 0 Å². The number of hydrogen-bond donors (Lipinski definition) is 3. The zero-order chi connectivity index (χ0) is 52.7. The molecule has 0 rings (SSSR count). The van der Waals surface area contributed by atoms with Gasteiger partial charge in [-0.2, -0.15) is 0 Å². The number of aliphatic hydroxyl groups excluding tert-OH is 1. The summed E-state index contributed by atoms with van der Waals surface area (Å²) in [6.07, 6.45) is 72.3. The van der Waals surface area contributed by atoms with Crippen molar-refractivity contribution in [2.24, 2.45) is 0 Å². The Hall–Kier alpha value is -1.54. The van der Waals surface area contributed by atoms with Crippen LogP contribution in [0.3, 0.4) is 0 Å². The lowest BCUT2D eigenvalue weighted by Gasteiger charge is -2.25. The lowest BCUT2D eigenvalue weighted by atomic mass is 10.0. The van der Waals surface area contributed by atoms with E-state index in [-0.39, 0.29) is 19.1 Å². The van der Waals surface area contributed by atoms with Crippen molar-refractivity contribution in [1.82, 2.24) is 5.32 Å². The number of aliphatic hydroxyl groups is 1. The van der Waals surface area contributed by atoms with Gasteiger partial charge < -0.3 is 19.8 Å². The zero-order valence-electron chi connectivity index (χ0n) is 48.4. The summed E-state index contributed by atoms with van der Waals surface area (Å²) in [5.74, 6) is -0.173.